The van der Waals surface area contributed by atoms with E-state index in [9.17, 15) is 5.26 Å². The molecule has 1 aliphatic rings. The topological polar surface area (TPSA) is 49.0 Å². The van der Waals surface area contributed by atoms with Gasteiger partial charge in [-0.2, -0.15) is 5.26 Å². The molecule has 108 valence electrons. The Kier molecular flexibility index (Phi) is 3.57. The van der Waals surface area contributed by atoms with Crippen LogP contribution in [0.3, 0.4) is 0 Å². The van der Waals surface area contributed by atoms with Gasteiger partial charge in [-0.05, 0) is 44.4 Å². The summed E-state index contributed by atoms with van der Waals surface area (Å²) in [7, 11) is 0. The fourth-order valence-electron chi connectivity index (χ4n) is 3.17. The smallest absolute Gasteiger partial charge is 0.120 e. The van der Waals surface area contributed by atoms with Gasteiger partial charge < -0.3 is 9.73 Å². The van der Waals surface area contributed by atoms with Crippen molar-refractivity contribution < 1.29 is 4.42 Å². The first-order chi connectivity index (χ1) is 10.1. The summed E-state index contributed by atoms with van der Waals surface area (Å²) in [6.07, 6.45) is 1.72. The van der Waals surface area contributed by atoms with Gasteiger partial charge in [0.1, 0.15) is 11.5 Å². The zero-order valence-corrected chi connectivity index (χ0v) is 12.5. The van der Waals surface area contributed by atoms with Crippen molar-refractivity contribution in [2.75, 3.05) is 0 Å². The van der Waals surface area contributed by atoms with E-state index >= 15 is 0 Å². The van der Waals surface area contributed by atoms with E-state index < -0.39 is 0 Å². The van der Waals surface area contributed by atoms with Crippen molar-refractivity contribution in [3.63, 3.8) is 0 Å². The summed E-state index contributed by atoms with van der Waals surface area (Å²) in [6, 6.07) is 17.2. The SMILES string of the molecule is Cc1ccc(C(C)NC2CC(C#N)(c3ccccc3)C2)o1. The Labute approximate surface area is 125 Å². The average molecular weight is 280 g/mol. The van der Waals surface area contributed by atoms with Crippen LogP contribution in [0.25, 0.3) is 0 Å². The highest BCUT2D eigenvalue weighted by atomic mass is 16.3. The second kappa shape index (κ2) is 5.38. The summed E-state index contributed by atoms with van der Waals surface area (Å²) in [6.45, 7) is 4.06. The predicted octanol–water partition coefficient (Wildman–Crippen LogP) is 3.86. The molecular weight excluding hydrogens is 260 g/mol. The molecule has 2 aromatic rings. The van der Waals surface area contributed by atoms with E-state index in [-0.39, 0.29) is 11.5 Å². The lowest BCUT2D eigenvalue weighted by Crippen LogP contribution is -2.51. The number of aryl methyl sites for hydroxylation is 1. The first-order valence-electron chi connectivity index (χ1n) is 7.42. The van der Waals surface area contributed by atoms with E-state index in [2.05, 4.69) is 30.4 Å². The second-order valence-corrected chi connectivity index (χ2v) is 6.00. The molecule has 21 heavy (non-hydrogen) atoms. The van der Waals surface area contributed by atoms with Gasteiger partial charge in [0, 0.05) is 6.04 Å². The number of nitrogens with one attached hydrogen (secondary N) is 1. The number of hydrogen-bond acceptors (Lipinski definition) is 3. The van der Waals surface area contributed by atoms with Gasteiger partial charge in [0.15, 0.2) is 0 Å². The molecule has 1 unspecified atom stereocenters. The van der Waals surface area contributed by atoms with E-state index in [1.54, 1.807) is 0 Å². The minimum atomic E-state index is -0.322. The lowest BCUT2D eigenvalue weighted by atomic mass is 9.62. The van der Waals surface area contributed by atoms with E-state index in [0.29, 0.717) is 6.04 Å². The normalized spacial score (nSPS) is 25.9. The molecule has 1 aliphatic carbocycles. The second-order valence-electron chi connectivity index (χ2n) is 6.00. The standard InChI is InChI=1S/C18H20N2O/c1-13-8-9-17(21-13)14(2)20-16-10-18(11-16,12-19)15-6-4-3-5-7-15/h3-9,14,16,20H,10-11H2,1-2H3. The molecule has 0 radical (unpaired) electrons. The molecule has 3 nitrogen and oxygen atoms in total. The monoisotopic (exact) mass is 280 g/mol. The molecular formula is C18H20N2O. The number of rotatable bonds is 4. The molecule has 3 rings (SSSR count). The number of hydrogen-bond donors (Lipinski definition) is 1. The van der Waals surface area contributed by atoms with Crippen LogP contribution >= 0.6 is 0 Å². The maximum absolute atomic E-state index is 9.57. The van der Waals surface area contributed by atoms with E-state index in [4.69, 9.17) is 4.42 Å². The third-order valence-electron chi connectivity index (χ3n) is 4.40. The molecule has 1 heterocycles. The van der Waals surface area contributed by atoms with Crippen LogP contribution in [0, 0.1) is 18.3 Å². The van der Waals surface area contributed by atoms with Crippen molar-refractivity contribution in [2.45, 2.75) is 44.2 Å². The molecule has 0 bridgehead atoms. The summed E-state index contributed by atoms with van der Waals surface area (Å²) in [5.41, 5.74) is 0.810. The minimum absolute atomic E-state index is 0.177. The zero-order chi connectivity index (χ0) is 14.9. The average Bonchev–Trinajstić information content (AvgIpc) is 2.90. The summed E-state index contributed by atoms with van der Waals surface area (Å²) in [5, 5.41) is 13.1. The first-order valence-corrected chi connectivity index (χ1v) is 7.42. The molecule has 0 aliphatic heterocycles. The molecule has 1 atom stereocenters. The van der Waals surface area contributed by atoms with Gasteiger partial charge in [-0.25, -0.2) is 0 Å². The number of benzene rings is 1. The highest BCUT2D eigenvalue weighted by molar-refractivity contribution is 5.37. The summed E-state index contributed by atoms with van der Waals surface area (Å²) >= 11 is 0. The highest BCUT2D eigenvalue weighted by Crippen LogP contribution is 2.44. The number of nitrogens with zero attached hydrogens (tertiary/aromatic N) is 1. The van der Waals surface area contributed by atoms with Crippen molar-refractivity contribution in [1.29, 1.82) is 5.26 Å². The van der Waals surface area contributed by atoms with Gasteiger partial charge >= 0.3 is 0 Å². The van der Waals surface area contributed by atoms with Crippen LogP contribution in [0.2, 0.25) is 0 Å². The first kappa shape index (κ1) is 13.9. The predicted molar refractivity (Wildman–Crippen MR) is 81.8 cm³/mol. The van der Waals surface area contributed by atoms with Gasteiger partial charge in [-0.3, -0.25) is 0 Å². The number of furan rings is 1. The molecule has 1 N–H and O–H groups in total. The van der Waals surface area contributed by atoms with Crippen molar-refractivity contribution in [1.82, 2.24) is 5.32 Å². The van der Waals surface area contributed by atoms with Crippen LogP contribution < -0.4 is 5.32 Å². The Morgan fingerprint density at radius 1 is 1.24 bits per heavy atom. The molecule has 0 spiro atoms. The molecule has 1 aromatic heterocycles. The lowest BCUT2D eigenvalue weighted by Gasteiger charge is -2.44. The van der Waals surface area contributed by atoms with Gasteiger partial charge in [-0.1, -0.05) is 30.3 Å². The summed E-state index contributed by atoms with van der Waals surface area (Å²) < 4.78 is 5.65. The van der Waals surface area contributed by atoms with E-state index in [0.717, 1.165) is 29.9 Å². The van der Waals surface area contributed by atoms with Crippen molar-refractivity contribution in [2.24, 2.45) is 0 Å². The largest absolute Gasteiger partial charge is 0.465 e. The van der Waals surface area contributed by atoms with Crippen LogP contribution in [-0.4, -0.2) is 6.04 Å². The Bertz CT molecular complexity index is 647. The Morgan fingerprint density at radius 3 is 2.52 bits per heavy atom. The van der Waals surface area contributed by atoms with Crippen LogP contribution in [-0.2, 0) is 5.41 Å². The fraction of sp³-hybridized carbons (Fsp3) is 0.389. The maximum Gasteiger partial charge on any atom is 0.120 e. The molecule has 0 amide bonds. The van der Waals surface area contributed by atoms with E-state index in [1.807, 2.05) is 37.3 Å². The van der Waals surface area contributed by atoms with Gasteiger partial charge in [0.2, 0.25) is 0 Å². The van der Waals surface area contributed by atoms with Crippen LogP contribution in [0.15, 0.2) is 46.9 Å². The van der Waals surface area contributed by atoms with Crippen LogP contribution in [0.1, 0.15) is 42.9 Å². The summed E-state index contributed by atoms with van der Waals surface area (Å²) in [5.74, 6) is 1.89. The van der Waals surface area contributed by atoms with E-state index in [1.165, 1.54) is 0 Å². The summed E-state index contributed by atoms with van der Waals surface area (Å²) in [4.78, 5) is 0. The van der Waals surface area contributed by atoms with Gasteiger partial charge in [0.05, 0.1) is 17.5 Å². The minimum Gasteiger partial charge on any atom is -0.465 e. The maximum atomic E-state index is 9.57. The molecule has 3 heteroatoms. The van der Waals surface area contributed by atoms with Crippen LogP contribution in [0.4, 0.5) is 0 Å². The molecule has 1 saturated carbocycles. The van der Waals surface area contributed by atoms with Crippen molar-refractivity contribution in [3.8, 4) is 6.07 Å². The van der Waals surface area contributed by atoms with Crippen LogP contribution in [0.5, 0.6) is 0 Å². The fourth-order valence-corrected chi connectivity index (χ4v) is 3.17. The molecule has 1 fully saturated rings. The van der Waals surface area contributed by atoms with Gasteiger partial charge in [-0.15, -0.1) is 0 Å². The lowest BCUT2D eigenvalue weighted by molar-refractivity contribution is 0.205. The molecule has 1 aromatic carbocycles. The quantitative estimate of drug-likeness (QED) is 0.925. The Balaban J connectivity index is 1.64. The third kappa shape index (κ3) is 2.59. The highest BCUT2D eigenvalue weighted by Gasteiger charge is 2.46. The zero-order valence-electron chi connectivity index (χ0n) is 12.5. The Hall–Kier alpha value is -2.05. The van der Waals surface area contributed by atoms with Crippen molar-refractivity contribution >= 4 is 0 Å². The Morgan fingerprint density at radius 2 is 1.95 bits per heavy atom. The number of nitriles is 1. The molecule has 0 saturated heterocycles. The van der Waals surface area contributed by atoms with Gasteiger partial charge in [0.25, 0.3) is 0 Å². The van der Waals surface area contributed by atoms with Crippen molar-refractivity contribution in [3.05, 3.63) is 59.5 Å². The third-order valence-corrected chi connectivity index (χ3v) is 4.40.